The molecule has 29 heavy (non-hydrogen) atoms. The normalized spacial score (nSPS) is 21.0. The first-order chi connectivity index (χ1) is 14.1. The van der Waals surface area contributed by atoms with Gasteiger partial charge in [0.25, 0.3) is 0 Å². The zero-order valence-electron chi connectivity index (χ0n) is 16.4. The summed E-state index contributed by atoms with van der Waals surface area (Å²) in [5, 5.41) is 0. The number of ketones is 1. The number of pyridine rings is 1. The molecule has 2 aliphatic carbocycles. The van der Waals surface area contributed by atoms with Gasteiger partial charge in [-0.2, -0.15) is 4.57 Å². The molecule has 3 unspecified atom stereocenters. The molecule has 3 atom stereocenters. The van der Waals surface area contributed by atoms with Crippen molar-refractivity contribution in [3.63, 3.8) is 0 Å². The molecule has 0 bridgehead atoms. The van der Waals surface area contributed by atoms with Gasteiger partial charge in [-0.05, 0) is 36.1 Å². The van der Waals surface area contributed by atoms with Gasteiger partial charge in [-0.25, -0.2) is 4.39 Å². The third-order valence-electron chi connectivity index (χ3n) is 6.45. The van der Waals surface area contributed by atoms with Gasteiger partial charge in [-0.1, -0.05) is 48.6 Å². The number of aromatic nitrogens is 1. The summed E-state index contributed by atoms with van der Waals surface area (Å²) in [6.07, 6.45) is 10.2. The number of nitrogens with zero attached hydrogens (tertiary/aromatic N) is 1. The molecule has 5 rings (SSSR count). The van der Waals surface area contributed by atoms with Crippen LogP contribution >= 0.6 is 0 Å². The van der Waals surface area contributed by atoms with E-state index >= 15 is 0 Å². The number of allylic oxidation sites excluding steroid dienone is 1. The lowest BCUT2D eigenvalue weighted by Gasteiger charge is -2.27. The Kier molecular flexibility index (Phi) is 4.39. The maximum absolute atomic E-state index is 13.7. The van der Waals surface area contributed by atoms with Gasteiger partial charge in [0.2, 0.25) is 0 Å². The van der Waals surface area contributed by atoms with E-state index in [4.69, 9.17) is 0 Å². The fraction of sp³-hybridized carbons (Fsp3) is 0.231. The lowest BCUT2D eigenvalue weighted by atomic mass is 9.74. The number of fused-ring (bicyclic) bond motifs is 2. The predicted octanol–water partition coefficient (Wildman–Crippen LogP) is 5.28. The second kappa shape index (κ2) is 7.07. The standard InChI is InChI=1S/C26H23FNO/c1-17(18-5-3-2-4-6-18)28-14-13-22-20(16-28)9-11-23(22)24-12-8-19-7-10-21(27)15-25(19)26(24)29/h2-7,9-11,13-17,23-24H,8,12H2,1H3/q+1. The van der Waals surface area contributed by atoms with Crippen LogP contribution in [0.15, 0.2) is 73.1 Å². The molecular weight excluding hydrogens is 361 g/mol. The second-order valence-corrected chi connectivity index (χ2v) is 8.09. The van der Waals surface area contributed by atoms with E-state index in [1.165, 1.54) is 23.3 Å². The maximum atomic E-state index is 13.7. The molecule has 0 saturated heterocycles. The molecule has 0 N–H and O–H groups in total. The molecule has 0 radical (unpaired) electrons. The summed E-state index contributed by atoms with van der Waals surface area (Å²) in [5.41, 5.74) is 5.15. The fourth-order valence-corrected chi connectivity index (χ4v) is 4.77. The van der Waals surface area contributed by atoms with Crippen molar-refractivity contribution in [3.8, 4) is 0 Å². The molecule has 2 aromatic carbocycles. The van der Waals surface area contributed by atoms with E-state index in [0.717, 1.165) is 24.0 Å². The van der Waals surface area contributed by atoms with E-state index in [2.05, 4.69) is 66.4 Å². The average Bonchev–Trinajstić information content (AvgIpc) is 3.17. The molecule has 0 fully saturated rings. The highest BCUT2D eigenvalue weighted by atomic mass is 19.1. The molecule has 0 saturated carbocycles. The van der Waals surface area contributed by atoms with Crippen LogP contribution in [-0.2, 0) is 6.42 Å². The van der Waals surface area contributed by atoms with Crippen LogP contribution in [-0.4, -0.2) is 5.78 Å². The van der Waals surface area contributed by atoms with E-state index < -0.39 is 0 Å². The number of aryl methyl sites for hydroxylation is 1. The highest BCUT2D eigenvalue weighted by molar-refractivity contribution is 6.01. The van der Waals surface area contributed by atoms with Gasteiger partial charge in [0.1, 0.15) is 5.82 Å². The number of benzene rings is 2. The minimum Gasteiger partial charge on any atom is -0.294 e. The fourth-order valence-electron chi connectivity index (χ4n) is 4.77. The summed E-state index contributed by atoms with van der Waals surface area (Å²) in [7, 11) is 0. The first kappa shape index (κ1) is 18.0. The van der Waals surface area contributed by atoms with Crippen molar-refractivity contribution in [2.75, 3.05) is 0 Å². The van der Waals surface area contributed by atoms with E-state index in [1.54, 1.807) is 6.07 Å². The monoisotopic (exact) mass is 384 g/mol. The average molecular weight is 384 g/mol. The van der Waals surface area contributed by atoms with Gasteiger partial charge < -0.3 is 0 Å². The minimum absolute atomic E-state index is 0.0654. The van der Waals surface area contributed by atoms with Crippen LogP contribution in [0.5, 0.6) is 0 Å². The van der Waals surface area contributed by atoms with Gasteiger partial charge in [0.05, 0.1) is 0 Å². The molecular formula is C26H23FNO+. The summed E-state index contributed by atoms with van der Waals surface area (Å²) in [5.74, 6) is -0.321. The van der Waals surface area contributed by atoms with Crippen LogP contribution in [0.3, 0.4) is 0 Å². The zero-order chi connectivity index (χ0) is 20.0. The molecule has 1 heterocycles. The summed E-state index contributed by atoms with van der Waals surface area (Å²) in [6.45, 7) is 2.19. The Labute approximate surface area is 170 Å². The van der Waals surface area contributed by atoms with Crippen LogP contribution in [0, 0.1) is 11.7 Å². The Balaban J connectivity index is 1.44. The largest absolute Gasteiger partial charge is 0.294 e. The van der Waals surface area contributed by atoms with Crippen molar-refractivity contribution < 1.29 is 13.8 Å². The van der Waals surface area contributed by atoms with E-state index in [0.29, 0.717) is 5.56 Å². The zero-order valence-corrected chi connectivity index (χ0v) is 16.4. The van der Waals surface area contributed by atoms with Crippen molar-refractivity contribution in [2.45, 2.75) is 31.7 Å². The van der Waals surface area contributed by atoms with Crippen LogP contribution < -0.4 is 4.57 Å². The van der Waals surface area contributed by atoms with Crippen LogP contribution in [0.4, 0.5) is 4.39 Å². The second-order valence-electron chi connectivity index (χ2n) is 8.09. The number of rotatable bonds is 3. The SMILES string of the molecule is CC(c1ccccc1)[n+]1ccc2c(c1)C=CC2C1CCc2ccc(F)cc2C1=O. The lowest BCUT2D eigenvalue weighted by molar-refractivity contribution is -0.710. The predicted molar refractivity (Wildman–Crippen MR) is 111 cm³/mol. The van der Waals surface area contributed by atoms with E-state index in [9.17, 15) is 9.18 Å². The molecule has 3 aromatic rings. The first-order valence-corrected chi connectivity index (χ1v) is 10.2. The van der Waals surface area contributed by atoms with Gasteiger partial charge in [0, 0.05) is 41.5 Å². The van der Waals surface area contributed by atoms with Crippen molar-refractivity contribution in [1.82, 2.24) is 0 Å². The van der Waals surface area contributed by atoms with Gasteiger partial charge in [-0.15, -0.1) is 0 Å². The number of carbonyl (C=O) groups excluding carboxylic acids is 1. The number of carbonyl (C=O) groups is 1. The van der Waals surface area contributed by atoms with Gasteiger partial charge in [0.15, 0.2) is 24.2 Å². The summed E-state index contributed by atoms with van der Waals surface area (Å²) in [4.78, 5) is 13.1. The Morgan fingerprint density at radius 1 is 1.10 bits per heavy atom. The Morgan fingerprint density at radius 2 is 1.93 bits per heavy atom. The van der Waals surface area contributed by atoms with Gasteiger partial charge >= 0.3 is 0 Å². The first-order valence-electron chi connectivity index (χ1n) is 10.2. The van der Waals surface area contributed by atoms with Crippen molar-refractivity contribution in [1.29, 1.82) is 0 Å². The molecule has 0 aliphatic heterocycles. The van der Waals surface area contributed by atoms with Crippen LogP contribution in [0.1, 0.15) is 57.9 Å². The smallest absolute Gasteiger partial charge is 0.180 e. The van der Waals surface area contributed by atoms with E-state index in [1.807, 2.05) is 6.07 Å². The minimum atomic E-state index is -0.337. The lowest BCUT2D eigenvalue weighted by Crippen LogP contribution is -2.38. The molecule has 3 heteroatoms. The van der Waals surface area contributed by atoms with Crippen molar-refractivity contribution in [3.05, 3.63) is 107 Å². The van der Waals surface area contributed by atoms with E-state index in [-0.39, 0.29) is 29.5 Å². The van der Waals surface area contributed by atoms with Crippen LogP contribution in [0.2, 0.25) is 0 Å². The van der Waals surface area contributed by atoms with Crippen molar-refractivity contribution in [2.24, 2.45) is 5.92 Å². The third-order valence-corrected chi connectivity index (χ3v) is 6.45. The molecule has 144 valence electrons. The number of Topliss-reactive ketones (excluding diaryl/α,β-unsaturated/α-hetero) is 1. The van der Waals surface area contributed by atoms with Crippen molar-refractivity contribution >= 4 is 11.9 Å². The summed E-state index contributed by atoms with van der Waals surface area (Å²) < 4.78 is 15.9. The Hall–Kier alpha value is -3.07. The maximum Gasteiger partial charge on any atom is 0.180 e. The number of hydrogen-bond acceptors (Lipinski definition) is 1. The summed E-state index contributed by atoms with van der Waals surface area (Å²) in [6, 6.07) is 17.4. The molecule has 0 amide bonds. The molecule has 2 nitrogen and oxygen atoms in total. The number of hydrogen-bond donors (Lipinski definition) is 0. The van der Waals surface area contributed by atoms with Gasteiger partial charge in [-0.3, -0.25) is 4.79 Å². The highest BCUT2D eigenvalue weighted by Gasteiger charge is 2.36. The highest BCUT2D eigenvalue weighted by Crippen LogP contribution is 2.41. The Morgan fingerprint density at radius 3 is 2.76 bits per heavy atom. The Bertz CT molecular complexity index is 1120. The van der Waals surface area contributed by atoms with Crippen LogP contribution in [0.25, 0.3) is 6.08 Å². The molecule has 2 aliphatic rings. The summed E-state index contributed by atoms with van der Waals surface area (Å²) >= 11 is 0. The topological polar surface area (TPSA) is 20.9 Å². The number of halogens is 1. The quantitative estimate of drug-likeness (QED) is 0.563. The molecule has 1 aromatic heterocycles. The third kappa shape index (κ3) is 3.11. The molecule has 0 spiro atoms.